The number of hydrogen-bond acceptors (Lipinski definition) is 5. The SMILES string of the molecule is COC(=O)c1ccc(C(=O)Cc2cccc(-c3ccccc3)c2C)nn1. The van der Waals surface area contributed by atoms with E-state index in [1.165, 1.54) is 19.2 Å². The number of ketones is 1. The van der Waals surface area contributed by atoms with Crippen molar-refractivity contribution in [1.29, 1.82) is 0 Å². The fraction of sp³-hybridized carbons (Fsp3) is 0.143. The van der Waals surface area contributed by atoms with E-state index in [0.29, 0.717) is 0 Å². The Morgan fingerprint density at radius 2 is 1.58 bits per heavy atom. The fourth-order valence-electron chi connectivity index (χ4n) is 2.76. The van der Waals surface area contributed by atoms with Crippen LogP contribution in [0.2, 0.25) is 0 Å². The van der Waals surface area contributed by atoms with Crippen molar-refractivity contribution < 1.29 is 14.3 Å². The second-order valence-corrected chi connectivity index (χ2v) is 5.85. The molecule has 130 valence electrons. The zero-order valence-electron chi connectivity index (χ0n) is 14.6. The number of carbonyl (C=O) groups excluding carboxylic acids is 2. The summed E-state index contributed by atoms with van der Waals surface area (Å²) in [6, 6.07) is 18.9. The zero-order chi connectivity index (χ0) is 18.5. The van der Waals surface area contributed by atoms with Crippen molar-refractivity contribution in [2.45, 2.75) is 13.3 Å². The maximum Gasteiger partial charge on any atom is 0.358 e. The molecule has 0 N–H and O–H groups in total. The van der Waals surface area contributed by atoms with Crippen LogP contribution in [0.1, 0.15) is 32.1 Å². The van der Waals surface area contributed by atoms with Gasteiger partial charge < -0.3 is 4.74 Å². The van der Waals surface area contributed by atoms with Crippen molar-refractivity contribution in [1.82, 2.24) is 10.2 Å². The fourth-order valence-corrected chi connectivity index (χ4v) is 2.76. The molecular weight excluding hydrogens is 328 g/mol. The largest absolute Gasteiger partial charge is 0.464 e. The van der Waals surface area contributed by atoms with E-state index in [4.69, 9.17) is 0 Å². The number of hydrogen-bond donors (Lipinski definition) is 0. The Balaban J connectivity index is 1.83. The highest BCUT2D eigenvalue weighted by Gasteiger charge is 2.15. The van der Waals surface area contributed by atoms with Gasteiger partial charge in [0, 0.05) is 6.42 Å². The van der Waals surface area contributed by atoms with Crippen LogP contribution in [0.5, 0.6) is 0 Å². The Morgan fingerprint density at radius 1 is 0.885 bits per heavy atom. The molecule has 3 aromatic rings. The minimum absolute atomic E-state index is 0.0753. The molecule has 0 fully saturated rings. The highest BCUT2D eigenvalue weighted by atomic mass is 16.5. The van der Waals surface area contributed by atoms with E-state index >= 15 is 0 Å². The van der Waals surface area contributed by atoms with Crippen molar-refractivity contribution in [2.24, 2.45) is 0 Å². The van der Waals surface area contributed by atoms with Gasteiger partial charge in [-0.25, -0.2) is 4.79 Å². The smallest absolute Gasteiger partial charge is 0.358 e. The summed E-state index contributed by atoms with van der Waals surface area (Å²) >= 11 is 0. The summed E-state index contributed by atoms with van der Waals surface area (Å²) in [5, 5.41) is 7.61. The van der Waals surface area contributed by atoms with E-state index in [2.05, 4.69) is 14.9 Å². The zero-order valence-corrected chi connectivity index (χ0v) is 14.6. The molecule has 26 heavy (non-hydrogen) atoms. The minimum atomic E-state index is -0.581. The summed E-state index contributed by atoms with van der Waals surface area (Å²) in [4.78, 5) is 23.9. The molecule has 0 saturated heterocycles. The molecule has 0 aliphatic rings. The van der Waals surface area contributed by atoms with Crippen LogP contribution in [-0.4, -0.2) is 29.1 Å². The normalized spacial score (nSPS) is 10.4. The average molecular weight is 346 g/mol. The molecule has 0 atom stereocenters. The van der Waals surface area contributed by atoms with Gasteiger partial charge in [-0.15, -0.1) is 10.2 Å². The van der Waals surface area contributed by atoms with E-state index in [-0.39, 0.29) is 23.6 Å². The molecule has 3 rings (SSSR count). The Kier molecular flexibility index (Phi) is 5.17. The molecule has 0 aliphatic heterocycles. The molecule has 5 nitrogen and oxygen atoms in total. The van der Waals surface area contributed by atoms with Crippen LogP contribution in [0.25, 0.3) is 11.1 Å². The molecule has 1 heterocycles. The van der Waals surface area contributed by atoms with Gasteiger partial charge in [0.25, 0.3) is 0 Å². The highest BCUT2D eigenvalue weighted by Crippen LogP contribution is 2.26. The first-order valence-electron chi connectivity index (χ1n) is 8.19. The van der Waals surface area contributed by atoms with Crippen LogP contribution in [0, 0.1) is 6.92 Å². The molecule has 0 bridgehead atoms. The number of rotatable bonds is 5. The summed E-state index contributed by atoms with van der Waals surface area (Å²) in [5.74, 6) is -0.731. The van der Waals surface area contributed by atoms with Crippen LogP contribution in [0.3, 0.4) is 0 Å². The van der Waals surface area contributed by atoms with Crippen molar-refractivity contribution >= 4 is 11.8 Å². The molecule has 0 unspecified atom stereocenters. The van der Waals surface area contributed by atoms with Gasteiger partial charge in [-0.3, -0.25) is 4.79 Å². The summed E-state index contributed by atoms with van der Waals surface area (Å²) in [6.07, 6.45) is 0.221. The predicted octanol–water partition coefficient (Wildman–Crippen LogP) is 3.66. The Hall–Kier alpha value is -3.34. The number of benzene rings is 2. The third kappa shape index (κ3) is 3.67. The average Bonchev–Trinajstić information content (AvgIpc) is 2.69. The Bertz CT molecular complexity index is 935. The van der Waals surface area contributed by atoms with Crippen LogP contribution >= 0.6 is 0 Å². The topological polar surface area (TPSA) is 69.2 Å². The first-order chi connectivity index (χ1) is 12.6. The third-order valence-corrected chi connectivity index (χ3v) is 4.23. The maximum absolute atomic E-state index is 12.5. The molecule has 0 spiro atoms. The van der Waals surface area contributed by atoms with Gasteiger partial charge in [-0.05, 0) is 41.3 Å². The monoisotopic (exact) mass is 346 g/mol. The second-order valence-electron chi connectivity index (χ2n) is 5.85. The summed E-state index contributed by atoms with van der Waals surface area (Å²) in [5.41, 5.74) is 4.51. The van der Waals surface area contributed by atoms with Crippen molar-refractivity contribution in [3.8, 4) is 11.1 Å². The van der Waals surface area contributed by atoms with Gasteiger partial charge in [0.2, 0.25) is 0 Å². The number of carbonyl (C=O) groups is 2. The molecule has 1 aromatic heterocycles. The number of ether oxygens (including phenoxy) is 1. The van der Waals surface area contributed by atoms with Crippen molar-refractivity contribution in [3.63, 3.8) is 0 Å². The molecule has 0 aliphatic carbocycles. The van der Waals surface area contributed by atoms with Crippen LogP contribution in [0.4, 0.5) is 0 Å². The molecule has 0 radical (unpaired) electrons. The summed E-state index contributed by atoms with van der Waals surface area (Å²) < 4.78 is 4.58. The van der Waals surface area contributed by atoms with E-state index in [0.717, 1.165) is 22.3 Å². The van der Waals surface area contributed by atoms with Gasteiger partial charge >= 0.3 is 5.97 Å². The maximum atomic E-state index is 12.5. The van der Waals surface area contributed by atoms with Crippen LogP contribution < -0.4 is 0 Å². The molecule has 5 heteroatoms. The number of Topliss-reactive ketones (excluding diaryl/α,β-unsaturated/α-hetero) is 1. The van der Waals surface area contributed by atoms with Crippen molar-refractivity contribution in [2.75, 3.05) is 7.11 Å². The Morgan fingerprint density at radius 3 is 2.23 bits per heavy atom. The van der Waals surface area contributed by atoms with Gasteiger partial charge in [0.05, 0.1) is 7.11 Å². The number of aromatic nitrogens is 2. The first kappa shape index (κ1) is 17.5. The number of nitrogens with zero attached hydrogens (tertiary/aromatic N) is 2. The summed E-state index contributed by atoms with van der Waals surface area (Å²) in [7, 11) is 1.27. The van der Waals surface area contributed by atoms with Crippen molar-refractivity contribution in [3.05, 3.63) is 83.2 Å². The second kappa shape index (κ2) is 7.70. The van der Waals surface area contributed by atoms with Gasteiger partial charge in [0.1, 0.15) is 5.69 Å². The quantitative estimate of drug-likeness (QED) is 0.521. The van der Waals surface area contributed by atoms with E-state index < -0.39 is 5.97 Å². The molecule has 2 aromatic carbocycles. The lowest BCUT2D eigenvalue weighted by Gasteiger charge is -2.11. The molecule has 0 amide bonds. The van der Waals surface area contributed by atoms with Crippen LogP contribution in [0.15, 0.2) is 60.7 Å². The van der Waals surface area contributed by atoms with Gasteiger partial charge in [0.15, 0.2) is 11.5 Å². The van der Waals surface area contributed by atoms with E-state index in [1.54, 1.807) is 0 Å². The predicted molar refractivity (Wildman–Crippen MR) is 98.0 cm³/mol. The van der Waals surface area contributed by atoms with Gasteiger partial charge in [-0.2, -0.15) is 0 Å². The highest BCUT2D eigenvalue weighted by molar-refractivity contribution is 5.96. The minimum Gasteiger partial charge on any atom is -0.464 e. The lowest BCUT2D eigenvalue weighted by Crippen LogP contribution is -2.11. The van der Waals surface area contributed by atoms with E-state index in [9.17, 15) is 9.59 Å². The number of esters is 1. The van der Waals surface area contributed by atoms with E-state index in [1.807, 2.05) is 55.5 Å². The Labute approximate surface area is 151 Å². The third-order valence-electron chi connectivity index (χ3n) is 4.23. The lowest BCUT2D eigenvalue weighted by atomic mass is 9.93. The van der Waals surface area contributed by atoms with Gasteiger partial charge in [-0.1, -0.05) is 48.5 Å². The molecule has 0 saturated carbocycles. The lowest BCUT2D eigenvalue weighted by molar-refractivity contribution is 0.0592. The standard InChI is InChI=1S/C21H18N2O3/c1-14-16(9-6-10-17(14)15-7-4-3-5-8-15)13-20(24)18-11-12-19(23-22-18)21(25)26-2/h3-12H,13H2,1-2H3. The summed E-state index contributed by atoms with van der Waals surface area (Å²) in [6.45, 7) is 2.01. The number of methoxy groups -OCH3 is 1. The molecular formula is C21H18N2O3. The van der Waals surface area contributed by atoms with Crippen LogP contribution in [-0.2, 0) is 11.2 Å². The first-order valence-corrected chi connectivity index (χ1v) is 8.19.